The average Bonchev–Trinajstić information content (AvgIpc) is 3.29. The largest absolute Gasteiger partial charge is 0.497 e. The summed E-state index contributed by atoms with van der Waals surface area (Å²) in [5, 5.41) is 0. The SMILES string of the molecule is COc1ccc(OC)c(NS(=O)(=O)c2ccc(-c3cnc(C4CCC4)o3)s2)c1. The molecule has 0 bridgehead atoms. The van der Waals surface area contributed by atoms with Crippen molar-refractivity contribution in [3.8, 4) is 22.1 Å². The molecule has 1 aliphatic rings. The van der Waals surface area contributed by atoms with Crippen LogP contribution in [0.4, 0.5) is 5.69 Å². The van der Waals surface area contributed by atoms with Gasteiger partial charge in [0, 0.05) is 12.0 Å². The summed E-state index contributed by atoms with van der Waals surface area (Å²) in [6, 6.07) is 8.20. The molecule has 1 N–H and O–H groups in total. The second kappa shape index (κ2) is 7.48. The van der Waals surface area contributed by atoms with Gasteiger partial charge in [-0.25, -0.2) is 13.4 Å². The van der Waals surface area contributed by atoms with Gasteiger partial charge in [-0.2, -0.15) is 0 Å². The van der Waals surface area contributed by atoms with E-state index in [2.05, 4.69) is 9.71 Å². The third-order valence-electron chi connectivity index (χ3n) is 4.72. The Balaban J connectivity index is 1.58. The van der Waals surface area contributed by atoms with Gasteiger partial charge < -0.3 is 13.9 Å². The molecule has 9 heteroatoms. The Morgan fingerprint density at radius 1 is 1.18 bits per heavy atom. The first-order chi connectivity index (χ1) is 13.5. The van der Waals surface area contributed by atoms with Crippen LogP contribution in [0, 0.1) is 0 Å². The normalized spacial score (nSPS) is 14.5. The summed E-state index contributed by atoms with van der Waals surface area (Å²) >= 11 is 1.13. The summed E-state index contributed by atoms with van der Waals surface area (Å²) in [6.45, 7) is 0. The van der Waals surface area contributed by atoms with Crippen molar-refractivity contribution < 1.29 is 22.3 Å². The number of benzene rings is 1. The molecule has 0 aliphatic heterocycles. The fourth-order valence-electron chi connectivity index (χ4n) is 2.93. The summed E-state index contributed by atoms with van der Waals surface area (Å²) in [6.07, 6.45) is 5.05. The summed E-state index contributed by atoms with van der Waals surface area (Å²) in [4.78, 5) is 5.06. The molecule has 1 saturated carbocycles. The number of aromatic nitrogens is 1. The number of hydrogen-bond acceptors (Lipinski definition) is 7. The van der Waals surface area contributed by atoms with Crippen LogP contribution >= 0.6 is 11.3 Å². The van der Waals surface area contributed by atoms with Crippen molar-refractivity contribution in [3.63, 3.8) is 0 Å². The molecule has 7 nitrogen and oxygen atoms in total. The van der Waals surface area contributed by atoms with E-state index in [0.717, 1.165) is 34.9 Å². The molecule has 2 heterocycles. The number of methoxy groups -OCH3 is 2. The predicted octanol–water partition coefficient (Wildman–Crippen LogP) is 4.49. The van der Waals surface area contributed by atoms with Crippen molar-refractivity contribution >= 4 is 27.0 Å². The van der Waals surface area contributed by atoms with Crippen molar-refractivity contribution in [2.75, 3.05) is 18.9 Å². The molecule has 0 spiro atoms. The zero-order valence-corrected chi connectivity index (χ0v) is 17.1. The third-order valence-corrected chi connectivity index (χ3v) is 7.68. The molecule has 28 heavy (non-hydrogen) atoms. The van der Waals surface area contributed by atoms with Gasteiger partial charge in [0.1, 0.15) is 15.7 Å². The number of anilines is 1. The molecule has 0 atom stereocenters. The fourth-order valence-corrected chi connectivity index (χ4v) is 5.25. The van der Waals surface area contributed by atoms with Gasteiger partial charge in [0.05, 0.1) is 31.0 Å². The smallest absolute Gasteiger partial charge is 0.271 e. The molecule has 0 unspecified atom stereocenters. The molecule has 0 saturated heterocycles. The van der Waals surface area contributed by atoms with E-state index in [1.54, 1.807) is 36.5 Å². The van der Waals surface area contributed by atoms with Gasteiger partial charge in [-0.05, 0) is 37.1 Å². The van der Waals surface area contributed by atoms with Gasteiger partial charge in [-0.3, -0.25) is 4.72 Å². The van der Waals surface area contributed by atoms with E-state index < -0.39 is 10.0 Å². The highest BCUT2D eigenvalue weighted by Gasteiger charge is 2.25. The van der Waals surface area contributed by atoms with Gasteiger partial charge in [-0.1, -0.05) is 6.42 Å². The Morgan fingerprint density at radius 2 is 2.00 bits per heavy atom. The van der Waals surface area contributed by atoms with Crippen LogP contribution in [0.25, 0.3) is 10.6 Å². The van der Waals surface area contributed by atoms with Crippen LogP contribution in [0.5, 0.6) is 11.5 Å². The number of ether oxygens (including phenoxy) is 2. The van der Waals surface area contributed by atoms with Crippen molar-refractivity contribution in [1.82, 2.24) is 4.98 Å². The molecule has 0 radical (unpaired) electrons. The van der Waals surface area contributed by atoms with Crippen LogP contribution in [0.3, 0.4) is 0 Å². The minimum atomic E-state index is -3.79. The Hall–Kier alpha value is -2.52. The van der Waals surface area contributed by atoms with E-state index >= 15 is 0 Å². The first-order valence-electron chi connectivity index (χ1n) is 8.81. The fraction of sp³-hybridized carbons (Fsp3) is 0.316. The lowest BCUT2D eigenvalue weighted by Gasteiger charge is -2.21. The van der Waals surface area contributed by atoms with E-state index in [4.69, 9.17) is 13.9 Å². The topological polar surface area (TPSA) is 90.7 Å². The zero-order valence-electron chi connectivity index (χ0n) is 15.5. The van der Waals surface area contributed by atoms with E-state index in [9.17, 15) is 8.42 Å². The molecular weight excluding hydrogens is 400 g/mol. The molecule has 148 valence electrons. The van der Waals surface area contributed by atoms with Gasteiger partial charge >= 0.3 is 0 Å². The van der Waals surface area contributed by atoms with E-state index in [0.29, 0.717) is 28.9 Å². The van der Waals surface area contributed by atoms with Gasteiger partial charge in [0.2, 0.25) is 0 Å². The van der Waals surface area contributed by atoms with Crippen LogP contribution in [0.1, 0.15) is 31.1 Å². The summed E-state index contributed by atoms with van der Waals surface area (Å²) in [5.74, 6) is 2.64. The maximum Gasteiger partial charge on any atom is 0.271 e. The van der Waals surface area contributed by atoms with E-state index in [1.165, 1.54) is 20.6 Å². The second-order valence-electron chi connectivity index (χ2n) is 6.48. The van der Waals surface area contributed by atoms with Crippen LogP contribution in [0.2, 0.25) is 0 Å². The van der Waals surface area contributed by atoms with Crippen molar-refractivity contribution in [3.05, 3.63) is 42.4 Å². The van der Waals surface area contributed by atoms with Gasteiger partial charge in [0.25, 0.3) is 10.0 Å². The van der Waals surface area contributed by atoms with Crippen LogP contribution in [0.15, 0.2) is 45.2 Å². The molecule has 1 fully saturated rings. The number of nitrogens with one attached hydrogen (secondary N) is 1. The first kappa shape index (κ1) is 18.8. The number of thiophene rings is 1. The molecular formula is C19H20N2O5S2. The highest BCUT2D eigenvalue weighted by Crippen LogP contribution is 2.39. The Morgan fingerprint density at radius 3 is 2.68 bits per heavy atom. The summed E-state index contributed by atoms with van der Waals surface area (Å²) in [5.41, 5.74) is 0.309. The lowest BCUT2D eigenvalue weighted by atomic mass is 9.85. The van der Waals surface area contributed by atoms with Crippen LogP contribution in [-0.4, -0.2) is 27.6 Å². The molecule has 0 amide bonds. The maximum atomic E-state index is 12.8. The van der Waals surface area contributed by atoms with E-state index in [-0.39, 0.29) is 4.21 Å². The van der Waals surface area contributed by atoms with Crippen molar-refractivity contribution in [2.45, 2.75) is 29.4 Å². The van der Waals surface area contributed by atoms with E-state index in [1.807, 2.05) is 0 Å². The standard InChI is InChI=1S/C19H20N2O5S2/c1-24-13-6-7-15(25-2)14(10-13)21-28(22,23)18-9-8-17(27-18)16-11-20-19(26-16)12-4-3-5-12/h6-12,21H,3-5H2,1-2H3. The number of oxazole rings is 1. The Labute approximate surface area is 167 Å². The number of rotatable bonds is 7. The van der Waals surface area contributed by atoms with Crippen molar-refractivity contribution in [1.29, 1.82) is 0 Å². The minimum Gasteiger partial charge on any atom is -0.497 e. The summed E-state index contributed by atoms with van der Waals surface area (Å²) < 4.78 is 44.7. The van der Waals surface area contributed by atoms with Crippen LogP contribution in [-0.2, 0) is 10.0 Å². The number of nitrogens with zero attached hydrogens (tertiary/aromatic N) is 1. The van der Waals surface area contributed by atoms with Gasteiger partial charge in [0.15, 0.2) is 11.7 Å². The molecule has 1 aromatic carbocycles. The van der Waals surface area contributed by atoms with Crippen molar-refractivity contribution in [2.24, 2.45) is 0 Å². The lowest BCUT2D eigenvalue weighted by Crippen LogP contribution is -2.12. The maximum absolute atomic E-state index is 12.8. The number of hydrogen-bond donors (Lipinski definition) is 1. The molecule has 3 aromatic rings. The first-order valence-corrected chi connectivity index (χ1v) is 11.1. The average molecular weight is 421 g/mol. The monoisotopic (exact) mass is 420 g/mol. The Kier molecular flexibility index (Phi) is 5.03. The highest BCUT2D eigenvalue weighted by molar-refractivity contribution is 7.94. The lowest BCUT2D eigenvalue weighted by molar-refractivity contribution is 0.338. The zero-order chi connectivity index (χ0) is 19.7. The summed E-state index contributed by atoms with van der Waals surface area (Å²) in [7, 11) is -0.797. The van der Waals surface area contributed by atoms with Crippen LogP contribution < -0.4 is 14.2 Å². The second-order valence-corrected chi connectivity index (χ2v) is 9.47. The molecule has 2 aromatic heterocycles. The van der Waals surface area contributed by atoms with Gasteiger partial charge in [-0.15, -0.1) is 11.3 Å². The Bertz CT molecular complexity index is 1080. The third kappa shape index (κ3) is 3.59. The predicted molar refractivity (Wildman–Crippen MR) is 107 cm³/mol. The minimum absolute atomic E-state index is 0.175. The molecule has 4 rings (SSSR count). The number of sulfonamides is 1. The quantitative estimate of drug-likeness (QED) is 0.606. The highest BCUT2D eigenvalue weighted by atomic mass is 32.2. The molecule has 1 aliphatic carbocycles.